The van der Waals surface area contributed by atoms with Gasteiger partial charge in [-0.05, 0) is 65.1 Å². The van der Waals surface area contributed by atoms with Gasteiger partial charge in [-0.2, -0.15) is 0 Å². The predicted octanol–water partition coefficient (Wildman–Crippen LogP) is 8.62. The number of aromatic nitrogens is 1. The minimum absolute atomic E-state index is 0.0369. The number of thiophene rings is 1. The van der Waals surface area contributed by atoms with E-state index < -0.39 is 0 Å². The second kappa shape index (κ2) is 6.41. The summed E-state index contributed by atoms with van der Waals surface area (Å²) in [5, 5.41) is 6.22. The molecule has 31 heavy (non-hydrogen) atoms. The summed E-state index contributed by atoms with van der Waals surface area (Å²) < 4.78 is 8.48. The normalized spacial score (nSPS) is 12.5. The van der Waals surface area contributed by atoms with E-state index in [0.29, 0.717) is 0 Å². The zero-order valence-electron chi connectivity index (χ0n) is 18.1. The third kappa shape index (κ3) is 2.80. The largest absolute Gasteiger partial charge is 0.461 e. The standard InChI is InChI=1S/C28H23NOS/c1-16-13-20-22(30-16)9-10-23-25(20)26-24(31-23)11-12-29-27(26)18-14-17-7-5-6-8-19(17)21(15-18)28(2,3)4/h5-15H,1-4H3. The highest BCUT2D eigenvalue weighted by molar-refractivity contribution is 7.26. The van der Waals surface area contributed by atoms with Crippen molar-refractivity contribution < 1.29 is 4.42 Å². The smallest absolute Gasteiger partial charge is 0.134 e. The molecule has 0 bridgehead atoms. The van der Waals surface area contributed by atoms with E-state index in [0.717, 1.165) is 17.0 Å². The van der Waals surface area contributed by atoms with Crippen LogP contribution in [0.15, 0.2) is 71.3 Å². The quantitative estimate of drug-likeness (QED) is 0.265. The molecule has 0 fully saturated rings. The Balaban J connectivity index is 1.76. The number of aryl methyl sites for hydroxylation is 1. The highest BCUT2D eigenvalue weighted by Crippen LogP contribution is 2.44. The number of furan rings is 1. The fourth-order valence-corrected chi connectivity index (χ4v) is 5.85. The maximum atomic E-state index is 5.95. The molecule has 0 aliphatic rings. The van der Waals surface area contributed by atoms with Crippen molar-refractivity contribution in [1.82, 2.24) is 4.98 Å². The van der Waals surface area contributed by atoms with Gasteiger partial charge in [0.05, 0.1) is 5.69 Å². The molecule has 3 aromatic carbocycles. The lowest BCUT2D eigenvalue weighted by Crippen LogP contribution is -2.12. The summed E-state index contributed by atoms with van der Waals surface area (Å²) in [4.78, 5) is 4.92. The minimum Gasteiger partial charge on any atom is -0.461 e. The van der Waals surface area contributed by atoms with E-state index in [-0.39, 0.29) is 5.41 Å². The Morgan fingerprint density at radius 2 is 1.65 bits per heavy atom. The summed E-state index contributed by atoms with van der Waals surface area (Å²) >= 11 is 1.83. The predicted molar refractivity (Wildman–Crippen MR) is 133 cm³/mol. The SMILES string of the molecule is Cc1cc2c(ccc3sc4ccnc(-c5cc(C(C)(C)C)c6ccccc6c5)c4c32)o1. The number of rotatable bonds is 1. The third-order valence-corrected chi connectivity index (χ3v) is 7.23. The lowest BCUT2D eigenvalue weighted by Gasteiger charge is -2.23. The first kappa shape index (κ1) is 18.6. The number of hydrogen-bond acceptors (Lipinski definition) is 3. The molecule has 2 nitrogen and oxygen atoms in total. The molecule has 0 saturated heterocycles. The van der Waals surface area contributed by atoms with Crippen molar-refractivity contribution in [2.75, 3.05) is 0 Å². The van der Waals surface area contributed by atoms with Crippen LogP contribution in [-0.2, 0) is 5.41 Å². The first-order chi connectivity index (χ1) is 14.9. The first-order valence-electron chi connectivity index (χ1n) is 10.6. The van der Waals surface area contributed by atoms with Crippen LogP contribution in [0.4, 0.5) is 0 Å². The van der Waals surface area contributed by atoms with Crippen LogP contribution in [-0.4, -0.2) is 4.98 Å². The summed E-state index contributed by atoms with van der Waals surface area (Å²) in [6.45, 7) is 8.86. The van der Waals surface area contributed by atoms with Crippen LogP contribution < -0.4 is 0 Å². The van der Waals surface area contributed by atoms with Crippen LogP contribution in [0.3, 0.4) is 0 Å². The molecule has 3 heterocycles. The van der Waals surface area contributed by atoms with E-state index in [2.05, 4.69) is 81.4 Å². The molecule has 0 aliphatic carbocycles. The molecule has 0 saturated carbocycles. The van der Waals surface area contributed by atoms with Gasteiger partial charge >= 0.3 is 0 Å². The summed E-state index contributed by atoms with van der Waals surface area (Å²) in [6, 6.07) is 21.9. The maximum Gasteiger partial charge on any atom is 0.134 e. The number of pyridine rings is 1. The molecule has 0 unspecified atom stereocenters. The zero-order chi connectivity index (χ0) is 21.3. The van der Waals surface area contributed by atoms with Gasteiger partial charge in [0.25, 0.3) is 0 Å². The Labute approximate surface area is 185 Å². The maximum absolute atomic E-state index is 5.95. The van der Waals surface area contributed by atoms with Gasteiger partial charge in [-0.15, -0.1) is 11.3 Å². The van der Waals surface area contributed by atoms with Crippen molar-refractivity contribution in [3.05, 3.63) is 78.2 Å². The van der Waals surface area contributed by atoms with Crippen LogP contribution >= 0.6 is 11.3 Å². The van der Waals surface area contributed by atoms with Crippen LogP contribution in [0.1, 0.15) is 32.1 Å². The molecule has 0 atom stereocenters. The molecule has 152 valence electrons. The van der Waals surface area contributed by atoms with Crippen molar-refractivity contribution in [2.24, 2.45) is 0 Å². The average Bonchev–Trinajstić information content (AvgIpc) is 3.31. The average molecular weight is 422 g/mol. The molecule has 0 aliphatic heterocycles. The van der Waals surface area contributed by atoms with E-state index >= 15 is 0 Å². The number of nitrogens with zero attached hydrogens (tertiary/aromatic N) is 1. The van der Waals surface area contributed by atoms with E-state index in [1.54, 1.807) is 0 Å². The monoisotopic (exact) mass is 421 g/mol. The van der Waals surface area contributed by atoms with Gasteiger partial charge in [0.2, 0.25) is 0 Å². The number of benzene rings is 3. The van der Waals surface area contributed by atoms with Crippen LogP contribution in [0.5, 0.6) is 0 Å². The Morgan fingerprint density at radius 1 is 0.839 bits per heavy atom. The number of fused-ring (bicyclic) bond motifs is 6. The molecule has 3 aromatic heterocycles. The van der Waals surface area contributed by atoms with E-state index in [1.165, 1.54) is 47.5 Å². The molecular formula is C28H23NOS. The van der Waals surface area contributed by atoms with E-state index in [9.17, 15) is 0 Å². The summed E-state index contributed by atoms with van der Waals surface area (Å²) in [6.07, 6.45) is 1.94. The van der Waals surface area contributed by atoms with Gasteiger partial charge in [0, 0.05) is 37.3 Å². The van der Waals surface area contributed by atoms with Gasteiger partial charge in [-0.3, -0.25) is 4.98 Å². The van der Waals surface area contributed by atoms with Crippen molar-refractivity contribution in [2.45, 2.75) is 33.1 Å². The minimum atomic E-state index is 0.0369. The van der Waals surface area contributed by atoms with Crippen molar-refractivity contribution in [3.63, 3.8) is 0 Å². The first-order valence-corrected chi connectivity index (χ1v) is 11.5. The van der Waals surface area contributed by atoms with E-state index in [4.69, 9.17) is 9.40 Å². The van der Waals surface area contributed by atoms with Gasteiger partial charge in [0.15, 0.2) is 0 Å². The van der Waals surface area contributed by atoms with Gasteiger partial charge < -0.3 is 4.42 Å². The highest BCUT2D eigenvalue weighted by Gasteiger charge is 2.21. The highest BCUT2D eigenvalue weighted by atomic mass is 32.1. The topological polar surface area (TPSA) is 26.0 Å². The molecule has 0 N–H and O–H groups in total. The Bertz CT molecular complexity index is 1630. The lowest BCUT2D eigenvalue weighted by molar-refractivity contribution is 0.579. The molecule has 0 radical (unpaired) electrons. The van der Waals surface area contributed by atoms with Crippen molar-refractivity contribution in [1.29, 1.82) is 0 Å². The van der Waals surface area contributed by atoms with Crippen molar-refractivity contribution in [3.8, 4) is 11.3 Å². The Morgan fingerprint density at radius 3 is 2.48 bits per heavy atom. The Hall–Kier alpha value is -3.17. The van der Waals surface area contributed by atoms with E-state index in [1.807, 2.05) is 24.5 Å². The molecule has 6 rings (SSSR count). The molecule has 6 aromatic rings. The fraction of sp³-hybridized carbons (Fsp3) is 0.179. The summed E-state index contributed by atoms with van der Waals surface area (Å²) in [5.41, 5.74) is 4.55. The lowest BCUT2D eigenvalue weighted by atomic mass is 9.82. The van der Waals surface area contributed by atoms with Gasteiger partial charge in [-0.25, -0.2) is 0 Å². The molecule has 0 amide bonds. The van der Waals surface area contributed by atoms with Crippen LogP contribution in [0, 0.1) is 6.92 Å². The second-order valence-corrected chi connectivity index (χ2v) is 10.4. The molecule has 0 spiro atoms. The fourth-order valence-electron chi connectivity index (χ4n) is 4.74. The van der Waals surface area contributed by atoms with Crippen LogP contribution in [0.2, 0.25) is 0 Å². The zero-order valence-corrected chi connectivity index (χ0v) is 18.9. The Kier molecular flexibility index (Phi) is 3.85. The second-order valence-electron chi connectivity index (χ2n) is 9.34. The summed E-state index contributed by atoms with van der Waals surface area (Å²) in [5.74, 6) is 0.938. The third-order valence-electron chi connectivity index (χ3n) is 6.11. The van der Waals surface area contributed by atoms with Gasteiger partial charge in [0.1, 0.15) is 11.3 Å². The number of hydrogen-bond donors (Lipinski definition) is 0. The molecule has 3 heteroatoms. The summed E-state index contributed by atoms with van der Waals surface area (Å²) in [7, 11) is 0. The van der Waals surface area contributed by atoms with Crippen LogP contribution in [0.25, 0.3) is 53.2 Å². The van der Waals surface area contributed by atoms with Gasteiger partial charge in [-0.1, -0.05) is 45.0 Å². The molecular weight excluding hydrogens is 398 g/mol. The van der Waals surface area contributed by atoms with Crippen molar-refractivity contribution >= 4 is 53.3 Å².